The molecule has 0 unspecified atom stereocenters. The SMILES string of the molecule is C=CC(=C/C)/C(=C\C=C/C)N=CC. The van der Waals surface area contributed by atoms with Crippen LogP contribution in [0, 0.1) is 0 Å². The van der Waals surface area contributed by atoms with Crippen LogP contribution in [0.15, 0.2) is 53.2 Å². The largest absolute Gasteiger partial charge is 0.261 e. The molecule has 0 aromatic rings. The molecular weight excluding hydrogens is 158 g/mol. The standard InChI is InChI=1S/C12H17N/c1-5-9-10-12(13-8-4)11(6-2)7-3/h5-10H,2H2,1,3-4H3/b9-5-,11-7-,12-10+,13-8?. The van der Waals surface area contributed by atoms with Crippen LogP contribution in [0.25, 0.3) is 0 Å². The van der Waals surface area contributed by atoms with Crippen molar-refractivity contribution in [2.75, 3.05) is 0 Å². The highest BCUT2D eigenvalue weighted by Gasteiger charge is 1.94. The number of rotatable bonds is 4. The van der Waals surface area contributed by atoms with Gasteiger partial charge < -0.3 is 0 Å². The van der Waals surface area contributed by atoms with Crippen LogP contribution >= 0.6 is 0 Å². The average Bonchev–Trinajstić information content (AvgIpc) is 2.16. The molecule has 0 rings (SSSR count). The van der Waals surface area contributed by atoms with E-state index in [1.54, 1.807) is 6.21 Å². The summed E-state index contributed by atoms with van der Waals surface area (Å²) in [5.41, 5.74) is 1.99. The molecule has 0 aliphatic rings. The molecule has 70 valence electrons. The van der Waals surface area contributed by atoms with Crippen LogP contribution in [0.2, 0.25) is 0 Å². The summed E-state index contributed by atoms with van der Waals surface area (Å²) in [6.07, 6.45) is 11.5. The van der Waals surface area contributed by atoms with Gasteiger partial charge in [0, 0.05) is 6.21 Å². The molecule has 0 N–H and O–H groups in total. The Morgan fingerprint density at radius 1 is 1.23 bits per heavy atom. The summed E-state index contributed by atoms with van der Waals surface area (Å²) in [5, 5.41) is 0. The second-order valence-corrected chi connectivity index (χ2v) is 2.41. The Morgan fingerprint density at radius 2 is 1.92 bits per heavy atom. The summed E-state index contributed by atoms with van der Waals surface area (Å²) >= 11 is 0. The third-order valence-electron chi connectivity index (χ3n) is 1.54. The molecule has 13 heavy (non-hydrogen) atoms. The molecule has 0 bridgehead atoms. The van der Waals surface area contributed by atoms with Gasteiger partial charge in [-0.05, 0) is 32.4 Å². The minimum atomic E-state index is 0.943. The molecule has 0 radical (unpaired) electrons. The fourth-order valence-electron chi connectivity index (χ4n) is 0.911. The summed E-state index contributed by atoms with van der Waals surface area (Å²) in [6, 6.07) is 0. The minimum Gasteiger partial charge on any atom is -0.261 e. The highest BCUT2D eigenvalue weighted by atomic mass is 14.7. The Hall–Kier alpha value is -1.37. The van der Waals surface area contributed by atoms with Gasteiger partial charge in [-0.3, -0.25) is 4.99 Å². The molecule has 0 spiro atoms. The van der Waals surface area contributed by atoms with Gasteiger partial charge in [0.1, 0.15) is 0 Å². The van der Waals surface area contributed by atoms with E-state index in [0.717, 1.165) is 11.3 Å². The molecule has 0 atom stereocenters. The molecule has 1 nitrogen and oxygen atoms in total. The quantitative estimate of drug-likeness (QED) is 0.456. The normalized spacial score (nSPS) is 14.4. The summed E-state index contributed by atoms with van der Waals surface area (Å²) in [6.45, 7) is 9.60. The zero-order valence-electron chi connectivity index (χ0n) is 8.62. The Labute approximate surface area is 80.9 Å². The number of nitrogens with zero attached hydrogens (tertiary/aromatic N) is 1. The predicted octanol–water partition coefficient (Wildman–Crippen LogP) is 3.67. The number of allylic oxidation sites excluding steroid dienone is 5. The van der Waals surface area contributed by atoms with E-state index in [1.807, 2.05) is 51.2 Å². The third-order valence-corrected chi connectivity index (χ3v) is 1.54. The van der Waals surface area contributed by atoms with Gasteiger partial charge in [0.05, 0.1) is 5.70 Å². The van der Waals surface area contributed by atoms with Crippen molar-refractivity contribution >= 4 is 6.21 Å². The van der Waals surface area contributed by atoms with E-state index in [-0.39, 0.29) is 0 Å². The first kappa shape index (κ1) is 11.6. The monoisotopic (exact) mass is 175 g/mol. The maximum Gasteiger partial charge on any atom is 0.0694 e. The van der Waals surface area contributed by atoms with E-state index in [1.165, 1.54) is 0 Å². The molecule has 1 heteroatoms. The van der Waals surface area contributed by atoms with E-state index < -0.39 is 0 Å². The van der Waals surface area contributed by atoms with Crippen molar-refractivity contribution in [3.63, 3.8) is 0 Å². The topological polar surface area (TPSA) is 12.4 Å². The Bertz CT molecular complexity index is 265. The van der Waals surface area contributed by atoms with Crippen LogP contribution in [-0.4, -0.2) is 6.21 Å². The summed E-state index contributed by atoms with van der Waals surface area (Å²) in [4.78, 5) is 4.25. The van der Waals surface area contributed by atoms with E-state index in [0.29, 0.717) is 0 Å². The van der Waals surface area contributed by atoms with Gasteiger partial charge in [-0.25, -0.2) is 0 Å². The van der Waals surface area contributed by atoms with Gasteiger partial charge in [-0.15, -0.1) is 0 Å². The Morgan fingerprint density at radius 3 is 2.31 bits per heavy atom. The van der Waals surface area contributed by atoms with Gasteiger partial charge in [0.2, 0.25) is 0 Å². The highest BCUT2D eigenvalue weighted by molar-refractivity contribution is 5.58. The fourth-order valence-corrected chi connectivity index (χ4v) is 0.911. The maximum absolute atomic E-state index is 4.25. The van der Waals surface area contributed by atoms with Crippen molar-refractivity contribution in [1.82, 2.24) is 0 Å². The predicted molar refractivity (Wildman–Crippen MR) is 61.0 cm³/mol. The molecule has 0 heterocycles. The summed E-state index contributed by atoms with van der Waals surface area (Å²) < 4.78 is 0. The van der Waals surface area contributed by atoms with Crippen molar-refractivity contribution in [1.29, 1.82) is 0 Å². The van der Waals surface area contributed by atoms with Gasteiger partial charge in [0.15, 0.2) is 0 Å². The second kappa shape index (κ2) is 7.29. The maximum atomic E-state index is 4.25. The van der Waals surface area contributed by atoms with E-state index >= 15 is 0 Å². The summed E-state index contributed by atoms with van der Waals surface area (Å²) in [5.74, 6) is 0. The van der Waals surface area contributed by atoms with Crippen LogP contribution in [0.4, 0.5) is 0 Å². The lowest BCUT2D eigenvalue weighted by Crippen LogP contribution is -1.82. The van der Waals surface area contributed by atoms with Crippen LogP contribution in [-0.2, 0) is 0 Å². The molecule has 0 amide bonds. The van der Waals surface area contributed by atoms with Crippen LogP contribution in [0.3, 0.4) is 0 Å². The second-order valence-electron chi connectivity index (χ2n) is 2.41. The molecule has 0 saturated heterocycles. The van der Waals surface area contributed by atoms with Gasteiger partial charge in [-0.2, -0.15) is 0 Å². The average molecular weight is 175 g/mol. The minimum absolute atomic E-state index is 0.943. The molecule has 0 aromatic heterocycles. The van der Waals surface area contributed by atoms with E-state index in [2.05, 4.69) is 11.6 Å². The van der Waals surface area contributed by atoms with E-state index in [4.69, 9.17) is 0 Å². The van der Waals surface area contributed by atoms with Crippen LogP contribution in [0.5, 0.6) is 0 Å². The van der Waals surface area contributed by atoms with E-state index in [9.17, 15) is 0 Å². The van der Waals surface area contributed by atoms with Crippen molar-refractivity contribution in [2.24, 2.45) is 4.99 Å². The third kappa shape index (κ3) is 4.26. The van der Waals surface area contributed by atoms with Crippen molar-refractivity contribution in [2.45, 2.75) is 20.8 Å². The molecule has 0 saturated carbocycles. The van der Waals surface area contributed by atoms with Gasteiger partial charge >= 0.3 is 0 Å². The lowest BCUT2D eigenvalue weighted by molar-refractivity contribution is 1.34. The highest BCUT2D eigenvalue weighted by Crippen LogP contribution is 2.12. The molecule has 0 fully saturated rings. The molecular formula is C12H17N. The molecule has 0 aromatic carbocycles. The summed E-state index contributed by atoms with van der Waals surface area (Å²) in [7, 11) is 0. The van der Waals surface area contributed by atoms with Crippen LogP contribution < -0.4 is 0 Å². The van der Waals surface area contributed by atoms with Crippen molar-refractivity contribution < 1.29 is 0 Å². The fraction of sp³-hybridized carbons (Fsp3) is 0.250. The number of hydrogen-bond acceptors (Lipinski definition) is 1. The lowest BCUT2D eigenvalue weighted by Gasteiger charge is -1.99. The Balaban J connectivity index is 4.89. The van der Waals surface area contributed by atoms with Gasteiger partial charge in [-0.1, -0.05) is 30.9 Å². The van der Waals surface area contributed by atoms with Crippen molar-refractivity contribution in [3.8, 4) is 0 Å². The van der Waals surface area contributed by atoms with Crippen LogP contribution in [0.1, 0.15) is 20.8 Å². The zero-order valence-corrected chi connectivity index (χ0v) is 8.62. The van der Waals surface area contributed by atoms with Crippen molar-refractivity contribution in [3.05, 3.63) is 48.2 Å². The lowest BCUT2D eigenvalue weighted by atomic mass is 10.1. The smallest absolute Gasteiger partial charge is 0.0694 e. The molecule has 0 aliphatic carbocycles. The first-order valence-corrected chi connectivity index (χ1v) is 4.40. The number of hydrogen-bond donors (Lipinski definition) is 0. The number of aliphatic imine (C=N–C) groups is 1. The zero-order chi connectivity index (χ0) is 10.1. The van der Waals surface area contributed by atoms with Gasteiger partial charge in [0.25, 0.3) is 0 Å². The Kier molecular flexibility index (Phi) is 6.52. The first-order valence-electron chi connectivity index (χ1n) is 4.40. The first-order chi connectivity index (χ1) is 6.29. The molecule has 0 aliphatic heterocycles.